The molecular weight excluding hydrogens is 194 g/mol. The van der Waals surface area contributed by atoms with Crippen LogP contribution in [0.4, 0.5) is 0 Å². The first-order valence-electron chi connectivity index (χ1n) is 5.26. The van der Waals surface area contributed by atoms with Crippen LogP contribution in [0.3, 0.4) is 0 Å². The van der Waals surface area contributed by atoms with E-state index in [4.69, 9.17) is 4.74 Å². The lowest BCUT2D eigenvalue weighted by Gasteiger charge is -2.50. The summed E-state index contributed by atoms with van der Waals surface area (Å²) in [4.78, 5) is 11.1. The van der Waals surface area contributed by atoms with Gasteiger partial charge in [0.2, 0.25) is 0 Å². The summed E-state index contributed by atoms with van der Waals surface area (Å²) in [6, 6.07) is 0. The molecule has 1 saturated heterocycles. The lowest BCUT2D eigenvalue weighted by molar-refractivity contribution is -0.222. The highest BCUT2D eigenvalue weighted by molar-refractivity contribution is 5.66. The highest BCUT2D eigenvalue weighted by Gasteiger charge is 2.48. The molecule has 1 aliphatic heterocycles. The van der Waals surface area contributed by atoms with Gasteiger partial charge in [-0.25, -0.2) is 0 Å². The maximum atomic E-state index is 11.1. The molecule has 1 rings (SSSR count). The summed E-state index contributed by atoms with van der Waals surface area (Å²) < 4.78 is 5.39. The minimum absolute atomic E-state index is 0.161. The molecule has 0 aromatic heterocycles. The fourth-order valence-corrected chi connectivity index (χ4v) is 2.71. The van der Waals surface area contributed by atoms with E-state index in [9.17, 15) is 10.0 Å². The third-order valence-electron chi connectivity index (χ3n) is 2.88. The summed E-state index contributed by atoms with van der Waals surface area (Å²) in [7, 11) is 0. The Morgan fingerprint density at radius 3 is 2.00 bits per heavy atom. The molecular formula is C11H21NO3. The Labute approximate surface area is 91.2 Å². The predicted octanol–water partition coefficient (Wildman–Crippen LogP) is 1.68. The second-order valence-electron chi connectivity index (χ2n) is 5.79. The zero-order valence-corrected chi connectivity index (χ0v) is 10.2. The van der Waals surface area contributed by atoms with Gasteiger partial charge in [0.05, 0.1) is 0 Å². The van der Waals surface area contributed by atoms with Crippen LogP contribution in [0.15, 0.2) is 0 Å². The van der Waals surface area contributed by atoms with Crippen molar-refractivity contribution in [3.05, 3.63) is 0 Å². The van der Waals surface area contributed by atoms with E-state index in [0.717, 1.165) is 0 Å². The third-order valence-corrected chi connectivity index (χ3v) is 2.88. The van der Waals surface area contributed by atoms with Crippen LogP contribution in [0.1, 0.15) is 34.6 Å². The first-order valence-corrected chi connectivity index (χ1v) is 5.26. The summed E-state index contributed by atoms with van der Waals surface area (Å²) in [6.45, 7) is 10.5. The fraction of sp³-hybridized carbons (Fsp3) is 0.909. The average molecular weight is 215 g/mol. The number of piperidine rings is 1. The van der Waals surface area contributed by atoms with Gasteiger partial charge in [-0.3, -0.25) is 4.79 Å². The topological polar surface area (TPSA) is 49.8 Å². The molecule has 0 amide bonds. The quantitative estimate of drug-likeness (QED) is 0.676. The lowest BCUT2D eigenvalue weighted by atomic mass is 9.68. The largest absolute Gasteiger partial charge is 0.461 e. The van der Waals surface area contributed by atoms with Gasteiger partial charge in [-0.15, -0.1) is 0 Å². The summed E-state index contributed by atoms with van der Waals surface area (Å²) >= 11 is 0. The standard InChI is InChI=1S/C11H21NO3/c1-8(13)15-9-10(2,3)6-12(14)7-11(9,4)5/h9,14H,6-7H2,1-5H3. The smallest absolute Gasteiger partial charge is 0.302 e. The van der Waals surface area contributed by atoms with Crippen molar-refractivity contribution in [2.24, 2.45) is 10.8 Å². The summed E-state index contributed by atoms with van der Waals surface area (Å²) in [6.07, 6.45) is -0.161. The van der Waals surface area contributed by atoms with Gasteiger partial charge in [-0.1, -0.05) is 27.7 Å². The molecule has 0 spiro atoms. The lowest BCUT2D eigenvalue weighted by Crippen LogP contribution is -2.58. The van der Waals surface area contributed by atoms with E-state index >= 15 is 0 Å². The molecule has 4 heteroatoms. The molecule has 1 fully saturated rings. The number of ether oxygens (including phenoxy) is 1. The molecule has 0 bridgehead atoms. The maximum absolute atomic E-state index is 11.1. The van der Waals surface area contributed by atoms with E-state index < -0.39 is 0 Å². The molecule has 1 heterocycles. The number of hydrogen-bond donors (Lipinski definition) is 1. The molecule has 0 radical (unpaired) electrons. The van der Waals surface area contributed by atoms with Crippen LogP contribution in [0, 0.1) is 10.8 Å². The SMILES string of the molecule is CC(=O)OC1C(C)(C)CN(O)CC1(C)C. The predicted molar refractivity (Wildman–Crippen MR) is 56.5 cm³/mol. The molecule has 0 saturated carbocycles. The van der Waals surface area contributed by atoms with E-state index in [2.05, 4.69) is 0 Å². The summed E-state index contributed by atoms with van der Waals surface area (Å²) in [5, 5.41) is 10.9. The number of rotatable bonds is 1. The van der Waals surface area contributed by atoms with Crippen molar-refractivity contribution < 1.29 is 14.7 Å². The van der Waals surface area contributed by atoms with Crippen molar-refractivity contribution in [2.75, 3.05) is 13.1 Å². The molecule has 15 heavy (non-hydrogen) atoms. The second-order valence-corrected chi connectivity index (χ2v) is 5.79. The summed E-state index contributed by atoms with van der Waals surface area (Å²) in [5.41, 5.74) is -0.468. The van der Waals surface area contributed by atoms with Gasteiger partial charge in [0.15, 0.2) is 0 Å². The van der Waals surface area contributed by atoms with Crippen LogP contribution in [0.2, 0.25) is 0 Å². The van der Waals surface area contributed by atoms with Crippen LogP contribution < -0.4 is 0 Å². The van der Waals surface area contributed by atoms with Gasteiger partial charge in [-0.05, 0) is 0 Å². The first-order chi connectivity index (χ1) is 6.65. The van der Waals surface area contributed by atoms with Crippen molar-refractivity contribution >= 4 is 5.97 Å². The first kappa shape index (κ1) is 12.5. The Bertz CT molecular complexity index is 243. The van der Waals surface area contributed by atoms with Gasteiger partial charge in [0.1, 0.15) is 6.10 Å². The maximum Gasteiger partial charge on any atom is 0.302 e. The summed E-state index contributed by atoms with van der Waals surface area (Å²) in [5.74, 6) is -0.257. The fourth-order valence-electron chi connectivity index (χ4n) is 2.71. The van der Waals surface area contributed by atoms with Gasteiger partial charge in [0.25, 0.3) is 0 Å². The Hall–Kier alpha value is -0.610. The molecule has 0 aromatic carbocycles. The average Bonchev–Trinajstić information content (AvgIpc) is 1.94. The van der Waals surface area contributed by atoms with Gasteiger partial charge >= 0.3 is 5.97 Å². The number of hydroxylamine groups is 2. The minimum Gasteiger partial charge on any atom is -0.461 e. The molecule has 0 unspecified atom stereocenters. The molecule has 4 nitrogen and oxygen atoms in total. The monoisotopic (exact) mass is 215 g/mol. The van der Waals surface area contributed by atoms with Crippen molar-refractivity contribution in [3.63, 3.8) is 0 Å². The Morgan fingerprint density at radius 1 is 1.27 bits per heavy atom. The second kappa shape index (κ2) is 3.76. The normalized spacial score (nSPS) is 26.3. The molecule has 0 aliphatic carbocycles. The Kier molecular flexibility index (Phi) is 3.12. The van der Waals surface area contributed by atoms with Gasteiger partial charge in [-0.2, -0.15) is 5.06 Å². The zero-order chi connectivity index (χ0) is 11.9. The number of hydrogen-bond acceptors (Lipinski definition) is 4. The van der Waals surface area contributed by atoms with Crippen molar-refractivity contribution in [1.82, 2.24) is 5.06 Å². The van der Waals surface area contributed by atoms with Crippen molar-refractivity contribution in [1.29, 1.82) is 0 Å². The molecule has 1 N–H and O–H groups in total. The van der Waals surface area contributed by atoms with Crippen LogP contribution in [0.5, 0.6) is 0 Å². The molecule has 88 valence electrons. The van der Waals surface area contributed by atoms with Gasteiger partial charge < -0.3 is 9.94 Å². The zero-order valence-electron chi connectivity index (χ0n) is 10.2. The minimum atomic E-state index is -0.257. The number of carbonyl (C=O) groups is 1. The third kappa shape index (κ3) is 2.69. The van der Waals surface area contributed by atoms with Crippen LogP contribution in [0.25, 0.3) is 0 Å². The van der Waals surface area contributed by atoms with E-state index in [1.807, 2.05) is 27.7 Å². The van der Waals surface area contributed by atoms with E-state index in [0.29, 0.717) is 13.1 Å². The van der Waals surface area contributed by atoms with Crippen LogP contribution in [-0.2, 0) is 9.53 Å². The van der Waals surface area contributed by atoms with Crippen molar-refractivity contribution in [2.45, 2.75) is 40.7 Å². The number of nitrogens with zero attached hydrogens (tertiary/aromatic N) is 1. The van der Waals surface area contributed by atoms with Gasteiger partial charge in [0, 0.05) is 30.8 Å². The highest BCUT2D eigenvalue weighted by Crippen LogP contribution is 2.41. The van der Waals surface area contributed by atoms with Crippen molar-refractivity contribution in [3.8, 4) is 0 Å². The molecule has 0 atom stereocenters. The highest BCUT2D eigenvalue weighted by atomic mass is 16.5. The molecule has 0 aromatic rings. The van der Waals surface area contributed by atoms with E-state index in [1.165, 1.54) is 12.0 Å². The van der Waals surface area contributed by atoms with Crippen LogP contribution >= 0.6 is 0 Å². The van der Waals surface area contributed by atoms with E-state index in [1.54, 1.807) is 0 Å². The molecule has 1 aliphatic rings. The van der Waals surface area contributed by atoms with Crippen LogP contribution in [-0.4, -0.2) is 35.4 Å². The Balaban J connectivity index is 2.92. The van der Waals surface area contributed by atoms with E-state index in [-0.39, 0.29) is 22.9 Å². The number of esters is 1. The Morgan fingerprint density at radius 2 is 1.67 bits per heavy atom. The number of carbonyl (C=O) groups excluding carboxylic acids is 1.